The van der Waals surface area contributed by atoms with Gasteiger partial charge < -0.3 is 9.47 Å². The monoisotopic (exact) mass is 195 g/mol. The van der Waals surface area contributed by atoms with Gasteiger partial charge in [0.25, 0.3) is 0 Å². The molecule has 2 heterocycles. The fraction of sp³-hybridized carbons (Fsp3) is 1.00. The summed E-state index contributed by atoms with van der Waals surface area (Å²) in [5.74, 6) is 0. The van der Waals surface area contributed by atoms with Gasteiger partial charge in [0.05, 0.1) is 18.8 Å². The van der Waals surface area contributed by atoms with Crippen molar-refractivity contribution in [3.8, 4) is 0 Å². The van der Waals surface area contributed by atoms with Crippen LogP contribution < -0.4 is 0 Å². The Labute approximate surface area is 87.2 Å². The molecule has 2 unspecified atom stereocenters. The molecule has 4 heteroatoms. The van der Waals surface area contributed by atoms with E-state index in [1.807, 2.05) is 0 Å². The zero-order valence-corrected chi connectivity index (χ0v) is 9.19. The Hall–Kier alpha value is -0.0551. The molecule has 2 saturated heterocycles. The molecule has 2 bridgehead atoms. The summed E-state index contributed by atoms with van der Waals surface area (Å²) in [6.07, 6.45) is 1.31. The number of hydrogen-bond acceptors (Lipinski definition) is 3. The minimum atomic E-state index is -0.202. The van der Waals surface area contributed by atoms with Crippen LogP contribution in [-0.2, 0) is 9.47 Å². The molecule has 78 valence electrons. The molecule has 0 amide bonds. The van der Waals surface area contributed by atoms with Gasteiger partial charge in [-0.15, -0.1) is 0 Å². The van der Waals surface area contributed by atoms with Gasteiger partial charge in [-0.05, 0) is 13.5 Å². The predicted molar refractivity (Wildman–Crippen MR) is 55.4 cm³/mol. The fourth-order valence-electron chi connectivity index (χ4n) is 3.00. The van der Waals surface area contributed by atoms with Gasteiger partial charge in [-0.2, -0.15) is 0 Å². The van der Waals surface area contributed by atoms with E-state index in [1.54, 1.807) is 7.11 Å². The summed E-state index contributed by atoms with van der Waals surface area (Å²) >= 11 is 0. The lowest BCUT2D eigenvalue weighted by molar-refractivity contribution is -0.113. The number of hydrogen-bond donors (Lipinski definition) is 0. The van der Waals surface area contributed by atoms with E-state index in [0.717, 1.165) is 19.6 Å². The summed E-state index contributed by atoms with van der Waals surface area (Å²) in [4.78, 5) is 2.27. The van der Waals surface area contributed by atoms with Gasteiger partial charge in [0.1, 0.15) is 7.85 Å². The van der Waals surface area contributed by atoms with Gasteiger partial charge in [-0.1, -0.05) is 6.92 Å². The molecule has 2 aliphatic heterocycles. The van der Waals surface area contributed by atoms with Gasteiger partial charge in [0, 0.05) is 25.1 Å². The third kappa shape index (κ3) is 1.24. The maximum atomic E-state index is 5.94. The molecule has 0 spiro atoms. The molecule has 0 aliphatic carbocycles. The van der Waals surface area contributed by atoms with E-state index in [2.05, 4.69) is 18.9 Å². The molecule has 0 aromatic heterocycles. The van der Waals surface area contributed by atoms with E-state index in [9.17, 15) is 0 Å². The van der Waals surface area contributed by atoms with Crippen LogP contribution in [-0.4, -0.2) is 58.2 Å². The largest absolute Gasteiger partial charge is 0.386 e. The lowest BCUT2D eigenvalue weighted by atomic mass is 9.74. The molecule has 3 nitrogen and oxygen atoms in total. The van der Waals surface area contributed by atoms with Gasteiger partial charge in [0.2, 0.25) is 0 Å². The van der Waals surface area contributed by atoms with Crippen molar-refractivity contribution in [1.29, 1.82) is 0 Å². The number of nitrogens with zero attached hydrogens (tertiary/aromatic N) is 1. The van der Waals surface area contributed by atoms with Crippen molar-refractivity contribution in [2.75, 3.05) is 27.3 Å². The molecule has 2 fully saturated rings. The van der Waals surface area contributed by atoms with Gasteiger partial charge in [-0.3, -0.25) is 4.90 Å². The molecule has 0 saturated carbocycles. The molecule has 14 heavy (non-hydrogen) atoms. The van der Waals surface area contributed by atoms with E-state index in [4.69, 9.17) is 17.3 Å². The Kier molecular flexibility index (Phi) is 2.62. The Balaban J connectivity index is 2.28. The highest BCUT2D eigenvalue weighted by atomic mass is 16.5. The van der Waals surface area contributed by atoms with Crippen molar-refractivity contribution in [3.05, 3.63) is 0 Å². The van der Waals surface area contributed by atoms with Crippen molar-refractivity contribution in [3.63, 3.8) is 0 Å². The zero-order valence-electron chi connectivity index (χ0n) is 9.19. The highest BCUT2D eigenvalue weighted by Crippen LogP contribution is 2.44. The van der Waals surface area contributed by atoms with Crippen LogP contribution >= 0.6 is 0 Å². The second-order valence-electron chi connectivity index (χ2n) is 4.55. The molecule has 4 atom stereocenters. The second-order valence-corrected chi connectivity index (χ2v) is 4.55. The molecule has 0 aromatic rings. The summed E-state index contributed by atoms with van der Waals surface area (Å²) in [5, 5.41) is 0. The maximum absolute atomic E-state index is 5.94. The smallest absolute Gasteiger partial charge is 0.111 e. The minimum Gasteiger partial charge on any atom is -0.386 e. The SMILES string of the molecule is [B][C@@H]1OC[C@@]2(CC)CN(C)C1C2OC. The number of fused-ring (bicyclic) bond motifs is 2. The normalized spacial score (nSPS) is 48.4. The van der Waals surface area contributed by atoms with Crippen molar-refractivity contribution < 1.29 is 9.47 Å². The van der Waals surface area contributed by atoms with Crippen LogP contribution in [0.2, 0.25) is 0 Å². The molecular weight excluding hydrogens is 177 g/mol. The topological polar surface area (TPSA) is 21.7 Å². The molecule has 2 aliphatic rings. The Morgan fingerprint density at radius 3 is 2.93 bits per heavy atom. The summed E-state index contributed by atoms with van der Waals surface area (Å²) in [7, 11) is 9.82. The van der Waals surface area contributed by atoms with Crippen LogP contribution in [0.4, 0.5) is 0 Å². The van der Waals surface area contributed by atoms with Crippen LogP contribution in [0.25, 0.3) is 0 Å². The molecular formula is C10H18BNO2. The number of ether oxygens (including phenoxy) is 2. The highest BCUT2D eigenvalue weighted by molar-refractivity contribution is 6.11. The average Bonchev–Trinajstić information content (AvgIpc) is 2.41. The maximum Gasteiger partial charge on any atom is 0.111 e. The van der Waals surface area contributed by atoms with Crippen LogP contribution in [0.5, 0.6) is 0 Å². The van der Waals surface area contributed by atoms with Crippen LogP contribution in [0, 0.1) is 5.41 Å². The van der Waals surface area contributed by atoms with Crippen molar-refractivity contribution in [1.82, 2.24) is 4.90 Å². The number of likely N-dealkylation sites (N-methyl/N-ethyl adjacent to an activating group) is 1. The third-order valence-electron chi connectivity index (χ3n) is 3.84. The van der Waals surface area contributed by atoms with E-state index in [-0.39, 0.29) is 23.6 Å². The molecule has 2 radical (unpaired) electrons. The first kappa shape index (κ1) is 10.5. The summed E-state index contributed by atoms with van der Waals surface area (Å²) < 4.78 is 11.2. The summed E-state index contributed by atoms with van der Waals surface area (Å²) in [6.45, 7) is 3.95. The van der Waals surface area contributed by atoms with Crippen molar-refractivity contribution in [2.45, 2.75) is 31.5 Å². The first-order valence-corrected chi connectivity index (χ1v) is 5.25. The van der Waals surface area contributed by atoms with E-state index < -0.39 is 0 Å². The molecule has 2 rings (SSSR count). The quantitative estimate of drug-likeness (QED) is 0.589. The van der Waals surface area contributed by atoms with Crippen molar-refractivity contribution in [2.24, 2.45) is 5.41 Å². The highest BCUT2D eigenvalue weighted by Gasteiger charge is 2.55. The minimum absolute atomic E-state index is 0.157. The Bertz CT molecular complexity index is 226. The van der Waals surface area contributed by atoms with Crippen LogP contribution in [0.15, 0.2) is 0 Å². The van der Waals surface area contributed by atoms with Crippen LogP contribution in [0.3, 0.4) is 0 Å². The molecule has 0 aromatic carbocycles. The second kappa shape index (κ2) is 3.51. The fourth-order valence-corrected chi connectivity index (χ4v) is 3.00. The van der Waals surface area contributed by atoms with Crippen LogP contribution in [0.1, 0.15) is 13.3 Å². The van der Waals surface area contributed by atoms with Gasteiger partial charge >= 0.3 is 0 Å². The van der Waals surface area contributed by atoms with Crippen molar-refractivity contribution >= 4 is 7.85 Å². The van der Waals surface area contributed by atoms with E-state index in [0.29, 0.717) is 0 Å². The predicted octanol–water partition coefficient (Wildman–Crippen LogP) is 0.237. The Morgan fingerprint density at radius 1 is 1.64 bits per heavy atom. The summed E-state index contributed by atoms with van der Waals surface area (Å²) in [6, 6.07) is 0.0147. The average molecular weight is 195 g/mol. The standard InChI is InChI=1S/C10H18BNO2/c1-4-10-5-12(2)7(8(10)13-3)9(11)14-6-10/h7-9H,4-6H2,1-3H3/t7?,8?,9-,10-/m1/s1. The first-order valence-electron chi connectivity index (χ1n) is 5.25. The number of likely N-dealkylation sites (tertiary alicyclic amines) is 1. The zero-order chi connectivity index (χ0) is 10.3. The van der Waals surface area contributed by atoms with Gasteiger partial charge in [-0.25, -0.2) is 0 Å². The molecule has 0 N–H and O–H groups in total. The van der Waals surface area contributed by atoms with E-state index in [1.165, 1.54) is 0 Å². The lowest BCUT2D eigenvalue weighted by Gasteiger charge is -2.41. The van der Waals surface area contributed by atoms with Gasteiger partial charge in [0.15, 0.2) is 0 Å². The number of methoxy groups -OCH3 is 1. The lowest BCUT2D eigenvalue weighted by Crippen LogP contribution is -2.53. The van der Waals surface area contributed by atoms with E-state index >= 15 is 0 Å². The Morgan fingerprint density at radius 2 is 2.36 bits per heavy atom. The summed E-state index contributed by atoms with van der Waals surface area (Å²) in [5.41, 5.74) is 0.157. The first-order chi connectivity index (χ1) is 6.64. The third-order valence-corrected chi connectivity index (χ3v) is 3.84. The number of rotatable bonds is 2.